The van der Waals surface area contributed by atoms with Crippen LogP contribution in [0.3, 0.4) is 0 Å². The van der Waals surface area contributed by atoms with Crippen LogP contribution in [-0.2, 0) is 9.53 Å². The predicted molar refractivity (Wildman–Crippen MR) is 57.3 cm³/mol. The molecule has 0 fully saturated rings. The monoisotopic (exact) mass is 202 g/mol. The van der Waals surface area contributed by atoms with Gasteiger partial charge in [0.25, 0.3) is 0 Å². The van der Waals surface area contributed by atoms with E-state index in [2.05, 4.69) is 17.1 Å². The minimum Gasteiger partial charge on any atom is -0.468 e. The van der Waals surface area contributed by atoms with Crippen LogP contribution in [0, 0.1) is 0 Å². The molecule has 0 aliphatic carbocycles. The molecule has 4 heteroatoms. The number of hydrogen-bond donors (Lipinski definition) is 1. The molecule has 1 atom stereocenters. The van der Waals surface area contributed by atoms with E-state index < -0.39 is 5.54 Å². The van der Waals surface area contributed by atoms with Crippen molar-refractivity contribution in [1.82, 2.24) is 10.2 Å². The molecule has 0 saturated carbocycles. The lowest BCUT2D eigenvalue weighted by molar-refractivity contribution is -0.148. The Labute approximate surface area is 86.6 Å². The number of nitrogens with one attached hydrogen (secondary N) is 1. The molecule has 0 saturated heterocycles. The number of nitrogens with zero attached hydrogens (tertiary/aromatic N) is 1. The lowest BCUT2D eigenvalue weighted by atomic mass is 10.0. The summed E-state index contributed by atoms with van der Waals surface area (Å²) in [4.78, 5) is 13.6. The molecule has 14 heavy (non-hydrogen) atoms. The molecule has 0 aliphatic rings. The molecule has 0 heterocycles. The Hall–Kier alpha value is -0.610. The number of carbonyl (C=O) groups excluding carboxylic acids is 1. The van der Waals surface area contributed by atoms with Gasteiger partial charge in [-0.2, -0.15) is 0 Å². The zero-order valence-electron chi connectivity index (χ0n) is 9.89. The summed E-state index contributed by atoms with van der Waals surface area (Å²) in [6.07, 6.45) is 1.08. The van der Waals surface area contributed by atoms with Gasteiger partial charge in [-0.3, -0.25) is 4.79 Å². The number of carbonyl (C=O) groups is 1. The van der Waals surface area contributed by atoms with Gasteiger partial charge in [0.15, 0.2) is 0 Å². The van der Waals surface area contributed by atoms with Crippen LogP contribution in [0.25, 0.3) is 0 Å². The molecule has 0 radical (unpaired) electrons. The third-order valence-corrected chi connectivity index (χ3v) is 2.38. The van der Waals surface area contributed by atoms with E-state index in [1.807, 2.05) is 14.0 Å². The van der Waals surface area contributed by atoms with Crippen LogP contribution in [0.15, 0.2) is 0 Å². The lowest BCUT2D eigenvalue weighted by Gasteiger charge is -2.30. The summed E-state index contributed by atoms with van der Waals surface area (Å²) < 4.78 is 4.76. The molecule has 1 unspecified atom stereocenters. The molecule has 0 aromatic heterocycles. The van der Waals surface area contributed by atoms with E-state index in [0.29, 0.717) is 6.54 Å². The first-order chi connectivity index (χ1) is 6.50. The number of ether oxygens (including phenoxy) is 1. The summed E-state index contributed by atoms with van der Waals surface area (Å²) >= 11 is 0. The van der Waals surface area contributed by atoms with E-state index in [1.54, 1.807) is 7.05 Å². The van der Waals surface area contributed by atoms with E-state index in [9.17, 15) is 4.79 Å². The molecular weight excluding hydrogens is 180 g/mol. The third-order valence-electron chi connectivity index (χ3n) is 2.38. The summed E-state index contributed by atoms with van der Waals surface area (Å²) in [5.74, 6) is -0.219. The van der Waals surface area contributed by atoms with Gasteiger partial charge in [-0.1, -0.05) is 6.92 Å². The Bertz CT molecular complexity index is 185. The molecule has 0 spiro atoms. The van der Waals surface area contributed by atoms with Gasteiger partial charge in [0.2, 0.25) is 0 Å². The van der Waals surface area contributed by atoms with Gasteiger partial charge in [0.05, 0.1) is 7.11 Å². The van der Waals surface area contributed by atoms with Crippen LogP contribution in [0.5, 0.6) is 0 Å². The Morgan fingerprint density at radius 3 is 2.50 bits per heavy atom. The van der Waals surface area contributed by atoms with Crippen LogP contribution in [0.2, 0.25) is 0 Å². The summed E-state index contributed by atoms with van der Waals surface area (Å²) in [6.45, 7) is 5.61. The van der Waals surface area contributed by atoms with E-state index in [4.69, 9.17) is 4.74 Å². The van der Waals surface area contributed by atoms with E-state index in [-0.39, 0.29) is 5.97 Å². The number of likely N-dealkylation sites (N-methyl/N-ethyl adjacent to an activating group) is 2. The van der Waals surface area contributed by atoms with Crippen LogP contribution in [-0.4, -0.2) is 50.7 Å². The summed E-state index contributed by atoms with van der Waals surface area (Å²) in [6, 6.07) is 0. The molecule has 0 aromatic carbocycles. The topological polar surface area (TPSA) is 41.6 Å². The fraction of sp³-hybridized carbons (Fsp3) is 0.900. The molecule has 0 aliphatic heterocycles. The first-order valence-electron chi connectivity index (χ1n) is 4.96. The Morgan fingerprint density at radius 1 is 1.57 bits per heavy atom. The van der Waals surface area contributed by atoms with Crippen LogP contribution >= 0.6 is 0 Å². The minimum atomic E-state index is -0.612. The van der Waals surface area contributed by atoms with Crippen molar-refractivity contribution in [3.63, 3.8) is 0 Å². The first-order valence-corrected chi connectivity index (χ1v) is 4.96. The van der Waals surface area contributed by atoms with Crippen molar-refractivity contribution in [3.05, 3.63) is 0 Å². The number of rotatable bonds is 6. The SMILES string of the molecule is CCCN(C)CC(C)(NC)C(=O)OC. The van der Waals surface area contributed by atoms with Crippen molar-refractivity contribution in [2.45, 2.75) is 25.8 Å². The summed E-state index contributed by atoms with van der Waals surface area (Å²) in [5, 5.41) is 3.00. The van der Waals surface area contributed by atoms with Crippen molar-refractivity contribution in [2.75, 3.05) is 34.3 Å². The lowest BCUT2D eigenvalue weighted by Crippen LogP contribution is -2.55. The maximum atomic E-state index is 11.5. The Morgan fingerprint density at radius 2 is 2.14 bits per heavy atom. The smallest absolute Gasteiger partial charge is 0.327 e. The van der Waals surface area contributed by atoms with Gasteiger partial charge in [0, 0.05) is 6.54 Å². The van der Waals surface area contributed by atoms with Gasteiger partial charge in [-0.05, 0) is 34.0 Å². The average molecular weight is 202 g/mol. The number of methoxy groups -OCH3 is 1. The van der Waals surface area contributed by atoms with E-state index in [1.165, 1.54) is 7.11 Å². The van der Waals surface area contributed by atoms with Gasteiger partial charge in [-0.25, -0.2) is 0 Å². The molecule has 1 N–H and O–H groups in total. The Kier molecular flexibility index (Phi) is 5.72. The largest absolute Gasteiger partial charge is 0.468 e. The van der Waals surface area contributed by atoms with Gasteiger partial charge >= 0.3 is 5.97 Å². The highest BCUT2D eigenvalue weighted by Crippen LogP contribution is 2.07. The maximum absolute atomic E-state index is 11.5. The first kappa shape index (κ1) is 13.4. The van der Waals surface area contributed by atoms with Crippen molar-refractivity contribution in [2.24, 2.45) is 0 Å². The van der Waals surface area contributed by atoms with Crippen molar-refractivity contribution in [3.8, 4) is 0 Å². The zero-order chi connectivity index (χ0) is 11.2. The normalized spacial score (nSPS) is 15.3. The second-order valence-electron chi connectivity index (χ2n) is 3.81. The van der Waals surface area contributed by atoms with Gasteiger partial charge < -0.3 is 15.0 Å². The Balaban J connectivity index is 4.31. The number of esters is 1. The molecule has 0 aromatic rings. The quantitative estimate of drug-likeness (QED) is 0.636. The van der Waals surface area contributed by atoms with E-state index >= 15 is 0 Å². The van der Waals surface area contributed by atoms with Crippen molar-refractivity contribution in [1.29, 1.82) is 0 Å². The van der Waals surface area contributed by atoms with Gasteiger partial charge in [0.1, 0.15) is 5.54 Å². The van der Waals surface area contributed by atoms with Gasteiger partial charge in [-0.15, -0.1) is 0 Å². The van der Waals surface area contributed by atoms with E-state index in [0.717, 1.165) is 13.0 Å². The zero-order valence-corrected chi connectivity index (χ0v) is 9.89. The predicted octanol–water partition coefficient (Wildman–Crippen LogP) is 0.479. The van der Waals surface area contributed by atoms with Crippen LogP contribution in [0.1, 0.15) is 20.3 Å². The fourth-order valence-corrected chi connectivity index (χ4v) is 1.47. The molecule has 4 nitrogen and oxygen atoms in total. The summed E-state index contributed by atoms with van der Waals surface area (Å²) in [7, 11) is 5.19. The summed E-state index contributed by atoms with van der Waals surface area (Å²) in [5.41, 5.74) is -0.612. The molecule has 0 bridgehead atoms. The third kappa shape index (κ3) is 3.64. The fourth-order valence-electron chi connectivity index (χ4n) is 1.47. The molecule has 84 valence electrons. The number of hydrogen-bond acceptors (Lipinski definition) is 4. The van der Waals surface area contributed by atoms with Crippen molar-refractivity contribution >= 4 is 5.97 Å². The highest BCUT2D eigenvalue weighted by Gasteiger charge is 2.33. The maximum Gasteiger partial charge on any atom is 0.327 e. The molecular formula is C10H22N2O2. The second-order valence-corrected chi connectivity index (χ2v) is 3.81. The highest BCUT2D eigenvalue weighted by atomic mass is 16.5. The standard InChI is InChI=1S/C10H22N2O2/c1-6-7-12(4)8-10(2,11-3)9(13)14-5/h11H,6-8H2,1-5H3. The average Bonchev–Trinajstić information content (AvgIpc) is 2.16. The van der Waals surface area contributed by atoms with Crippen LogP contribution < -0.4 is 5.32 Å². The van der Waals surface area contributed by atoms with Crippen molar-refractivity contribution < 1.29 is 9.53 Å². The van der Waals surface area contributed by atoms with Crippen LogP contribution in [0.4, 0.5) is 0 Å². The second kappa shape index (κ2) is 5.98. The molecule has 0 amide bonds. The highest BCUT2D eigenvalue weighted by molar-refractivity contribution is 5.80. The minimum absolute atomic E-state index is 0.219. The molecule has 0 rings (SSSR count).